The molecule has 254 valence electrons. The van der Waals surface area contributed by atoms with Crippen molar-refractivity contribution in [2.45, 2.75) is 0 Å². The van der Waals surface area contributed by atoms with Gasteiger partial charge in [0.1, 0.15) is 5.52 Å². The number of anilines is 3. The third-order valence-electron chi connectivity index (χ3n) is 9.93. The Labute approximate surface area is 312 Å². The summed E-state index contributed by atoms with van der Waals surface area (Å²) in [5, 5.41) is 3.52. The van der Waals surface area contributed by atoms with Gasteiger partial charge in [0.05, 0.1) is 16.9 Å². The highest BCUT2D eigenvalue weighted by Crippen LogP contribution is 2.39. The molecule has 10 rings (SSSR count). The van der Waals surface area contributed by atoms with E-state index in [-0.39, 0.29) is 0 Å². The topological polar surface area (TPSA) is 55.1 Å². The highest BCUT2D eigenvalue weighted by Gasteiger charge is 2.16. The van der Waals surface area contributed by atoms with E-state index < -0.39 is 0 Å². The Morgan fingerprint density at radius 2 is 1.02 bits per heavy atom. The van der Waals surface area contributed by atoms with E-state index in [0.29, 0.717) is 5.89 Å². The number of hydrogen-bond acceptors (Lipinski definition) is 5. The van der Waals surface area contributed by atoms with Gasteiger partial charge in [0.25, 0.3) is 0 Å². The summed E-state index contributed by atoms with van der Waals surface area (Å²) < 4.78 is 6.09. The molecule has 0 saturated heterocycles. The van der Waals surface area contributed by atoms with Gasteiger partial charge in [0.2, 0.25) is 5.89 Å². The Kier molecular flexibility index (Phi) is 7.73. The van der Waals surface area contributed by atoms with E-state index in [1.807, 2.05) is 54.7 Å². The van der Waals surface area contributed by atoms with Gasteiger partial charge in [-0.25, -0.2) is 9.97 Å². The molecule has 0 N–H and O–H groups in total. The van der Waals surface area contributed by atoms with Gasteiger partial charge in [0.15, 0.2) is 5.58 Å². The summed E-state index contributed by atoms with van der Waals surface area (Å²) in [5.41, 5.74) is 12.7. The van der Waals surface area contributed by atoms with Crippen LogP contribution in [0.15, 0.2) is 199 Å². The normalized spacial score (nSPS) is 11.3. The number of para-hydroxylation sites is 2. The van der Waals surface area contributed by atoms with Crippen LogP contribution in [0.4, 0.5) is 17.1 Å². The molecule has 0 amide bonds. The van der Waals surface area contributed by atoms with Gasteiger partial charge in [-0.2, -0.15) is 0 Å². The van der Waals surface area contributed by atoms with Crippen LogP contribution < -0.4 is 4.90 Å². The molecule has 3 heterocycles. The number of oxazole rings is 1. The Morgan fingerprint density at radius 1 is 0.407 bits per heavy atom. The van der Waals surface area contributed by atoms with Crippen molar-refractivity contribution in [1.29, 1.82) is 0 Å². The fraction of sp³-hybridized carbons (Fsp3) is 0. The largest absolute Gasteiger partial charge is 0.436 e. The highest BCUT2D eigenvalue weighted by atomic mass is 16.3. The van der Waals surface area contributed by atoms with Crippen molar-refractivity contribution < 1.29 is 4.42 Å². The van der Waals surface area contributed by atoms with Crippen molar-refractivity contribution in [3.05, 3.63) is 194 Å². The fourth-order valence-electron chi connectivity index (χ4n) is 7.18. The minimum atomic E-state index is 0.603. The van der Waals surface area contributed by atoms with Crippen LogP contribution in [0, 0.1) is 0 Å². The molecule has 0 bridgehead atoms. The van der Waals surface area contributed by atoms with Crippen LogP contribution in [0.5, 0.6) is 0 Å². The molecule has 54 heavy (non-hydrogen) atoms. The molecule has 5 nitrogen and oxygen atoms in total. The maximum atomic E-state index is 6.09. The third-order valence-corrected chi connectivity index (χ3v) is 9.93. The van der Waals surface area contributed by atoms with Gasteiger partial charge < -0.3 is 9.32 Å². The first kappa shape index (κ1) is 31.4. The van der Waals surface area contributed by atoms with Crippen molar-refractivity contribution >= 4 is 49.8 Å². The molecule has 0 aliphatic carbocycles. The summed E-state index contributed by atoms with van der Waals surface area (Å²) in [4.78, 5) is 16.8. The Hall–Kier alpha value is -7.37. The second-order valence-electron chi connectivity index (χ2n) is 13.3. The van der Waals surface area contributed by atoms with Crippen LogP contribution in [0.1, 0.15) is 0 Å². The van der Waals surface area contributed by atoms with Crippen LogP contribution in [0.3, 0.4) is 0 Å². The molecular weight excluding hydrogens is 661 g/mol. The molecule has 10 aromatic rings. The van der Waals surface area contributed by atoms with Crippen LogP contribution in [-0.4, -0.2) is 15.0 Å². The molecule has 0 saturated carbocycles. The van der Waals surface area contributed by atoms with Crippen molar-refractivity contribution in [2.75, 3.05) is 4.90 Å². The number of pyridine rings is 2. The second-order valence-corrected chi connectivity index (χ2v) is 13.3. The van der Waals surface area contributed by atoms with Gasteiger partial charge in [0, 0.05) is 45.3 Å². The number of fused-ring (bicyclic) bond motifs is 3. The zero-order valence-electron chi connectivity index (χ0n) is 29.2. The Balaban J connectivity index is 1.04. The molecule has 0 spiro atoms. The Morgan fingerprint density at radius 3 is 1.76 bits per heavy atom. The smallest absolute Gasteiger partial charge is 0.227 e. The van der Waals surface area contributed by atoms with Crippen molar-refractivity contribution in [2.24, 2.45) is 0 Å². The van der Waals surface area contributed by atoms with E-state index >= 15 is 0 Å². The summed E-state index contributed by atoms with van der Waals surface area (Å²) in [6, 6.07) is 65.2. The lowest BCUT2D eigenvalue weighted by molar-refractivity contribution is 0.620. The van der Waals surface area contributed by atoms with E-state index in [1.54, 1.807) is 0 Å². The van der Waals surface area contributed by atoms with Gasteiger partial charge >= 0.3 is 0 Å². The van der Waals surface area contributed by atoms with Gasteiger partial charge in [-0.05, 0) is 101 Å². The molecule has 0 radical (unpaired) electrons. The lowest BCUT2D eigenvalue weighted by Crippen LogP contribution is -2.09. The summed E-state index contributed by atoms with van der Waals surface area (Å²) in [6.07, 6.45) is 1.83. The quantitative estimate of drug-likeness (QED) is 0.166. The predicted molar refractivity (Wildman–Crippen MR) is 221 cm³/mol. The van der Waals surface area contributed by atoms with Crippen molar-refractivity contribution in [3.8, 4) is 45.1 Å². The maximum absolute atomic E-state index is 6.09. The lowest BCUT2D eigenvalue weighted by atomic mass is 10.0. The SMILES string of the molecule is c1ccc(-c2nc(-c3ccc(N(c4ccc(-c5ccc6ccccc6c5)cc4)c4ccc(-c5nc6ccccc6o5)cc4)cc3)cc3cccnc23)cc1. The average molecular weight is 693 g/mol. The fourth-order valence-corrected chi connectivity index (χ4v) is 7.18. The van der Waals surface area contributed by atoms with E-state index in [1.165, 1.54) is 16.3 Å². The number of benzene rings is 7. The van der Waals surface area contributed by atoms with Crippen LogP contribution in [0.25, 0.3) is 77.9 Å². The zero-order valence-corrected chi connectivity index (χ0v) is 29.2. The van der Waals surface area contributed by atoms with Crippen molar-refractivity contribution in [1.82, 2.24) is 15.0 Å². The molecule has 0 fully saturated rings. The van der Waals surface area contributed by atoms with Crippen LogP contribution in [0.2, 0.25) is 0 Å². The maximum Gasteiger partial charge on any atom is 0.227 e. The average Bonchev–Trinajstić information content (AvgIpc) is 3.69. The zero-order chi connectivity index (χ0) is 35.8. The van der Waals surface area contributed by atoms with E-state index in [4.69, 9.17) is 19.4 Å². The summed E-state index contributed by atoms with van der Waals surface area (Å²) in [7, 11) is 0. The molecule has 0 atom stereocenters. The summed E-state index contributed by atoms with van der Waals surface area (Å²) >= 11 is 0. The summed E-state index contributed by atoms with van der Waals surface area (Å²) in [6.45, 7) is 0. The van der Waals surface area contributed by atoms with Gasteiger partial charge in [-0.15, -0.1) is 0 Å². The minimum Gasteiger partial charge on any atom is -0.436 e. The third kappa shape index (κ3) is 5.84. The van der Waals surface area contributed by atoms with Crippen LogP contribution >= 0.6 is 0 Å². The molecule has 0 aliphatic heterocycles. The predicted octanol–water partition coefficient (Wildman–Crippen LogP) is 13.1. The number of hydrogen-bond donors (Lipinski definition) is 0. The first-order valence-corrected chi connectivity index (χ1v) is 18.0. The highest BCUT2D eigenvalue weighted by molar-refractivity contribution is 5.94. The Bertz CT molecular complexity index is 2880. The van der Waals surface area contributed by atoms with Crippen molar-refractivity contribution in [3.63, 3.8) is 0 Å². The standard InChI is InChI=1S/C49H32N4O/c1-2-10-36(11-3-1)48-47-40(13-8-30-50-47)32-45(51-48)35-20-26-42(27-21-35)53(43-28-22-37(23-29-43)49-52-44-14-6-7-15-46(44)54-49)41-24-18-34(19-25-41)39-17-16-33-9-4-5-12-38(33)31-39/h1-32H. The first-order chi connectivity index (χ1) is 26.7. The monoisotopic (exact) mass is 692 g/mol. The minimum absolute atomic E-state index is 0.603. The number of aromatic nitrogens is 3. The summed E-state index contributed by atoms with van der Waals surface area (Å²) in [5.74, 6) is 0.603. The number of rotatable bonds is 7. The lowest BCUT2D eigenvalue weighted by Gasteiger charge is -2.26. The molecular formula is C49H32N4O. The second kappa shape index (κ2) is 13.3. The molecule has 3 aromatic heterocycles. The van der Waals surface area contributed by atoms with E-state index in [2.05, 4.69) is 144 Å². The molecule has 0 unspecified atom stereocenters. The van der Waals surface area contributed by atoms with Crippen LogP contribution in [-0.2, 0) is 0 Å². The van der Waals surface area contributed by atoms with E-state index in [9.17, 15) is 0 Å². The molecule has 7 aromatic carbocycles. The molecule has 0 aliphatic rings. The number of nitrogens with zero attached hydrogens (tertiary/aromatic N) is 4. The van der Waals surface area contributed by atoms with Gasteiger partial charge in [-0.1, -0.05) is 109 Å². The molecule has 5 heteroatoms. The van der Waals surface area contributed by atoms with E-state index in [0.717, 1.165) is 72.7 Å². The first-order valence-electron chi connectivity index (χ1n) is 18.0. The van der Waals surface area contributed by atoms with Gasteiger partial charge in [-0.3, -0.25) is 4.98 Å².